The number of ether oxygens (including phenoxy) is 1. The fourth-order valence-corrected chi connectivity index (χ4v) is 4.48. The molecule has 0 amide bonds. The van der Waals surface area contributed by atoms with E-state index in [1.807, 2.05) is 17.7 Å². The molecule has 0 saturated carbocycles. The third-order valence-electron chi connectivity index (χ3n) is 6.19. The van der Waals surface area contributed by atoms with Gasteiger partial charge in [0.15, 0.2) is 11.6 Å². The van der Waals surface area contributed by atoms with Crippen molar-refractivity contribution in [3.05, 3.63) is 59.5 Å². The number of rotatable bonds is 5. The zero-order valence-electron chi connectivity index (χ0n) is 17.6. The Labute approximate surface area is 175 Å². The second-order valence-electron chi connectivity index (χ2n) is 8.01. The summed E-state index contributed by atoms with van der Waals surface area (Å²) in [6.45, 7) is 3.30. The van der Waals surface area contributed by atoms with E-state index >= 15 is 0 Å². The highest BCUT2D eigenvalue weighted by molar-refractivity contribution is 5.81. The summed E-state index contributed by atoms with van der Waals surface area (Å²) in [7, 11) is 5.55. The maximum absolute atomic E-state index is 14.1. The van der Waals surface area contributed by atoms with Crippen molar-refractivity contribution >= 4 is 17.7 Å². The van der Waals surface area contributed by atoms with Crippen LogP contribution in [-0.2, 0) is 11.8 Å². The normalized spacial score (nSPS) is 22.5. The summed E-state index contributed by atoms with van der Waals surface area (Å²) in [4.78, 5) is 20.6. The number of fused-ring (bicyclic) bond motifs is 1. The highest BCUT2D eigenvalue weighted by atomic mass is 19.1. The minimum atomic E-state index is -0.494. The molecule has 3 heterocycles. The van der Waals surface area contributed by atoms with Crippen molar-refractivity contribution < 1.29 is 13.9 Å². The van der Waals surface area contributed by atoms with Crippen LogP contribution in [0.4, 0.5) is 10.1 Å². The number of allylic oxidation sites excluding steroid dienone is 1. The van der Waals surface area contributed by atoms with Crippen LogP contribution in [0.5, 0.6) is 5.75 Å². The number of aldehydes is 1. The zero-order chi connectivity index (χ0) is 21.3. The molecular formula is C23H27FN4O2. The summed E-state index contributed by atoms with van der Waals surface area (Å²) in [5.41, 5.74) is 2.75. The van der Waals surface area contributed by atoms with Gasteiger partial charge in [-0.3, -0.25) is 4.79 Å². The van der Waals surface area contributed by atoms with Gasteiger partial charge >= 0.3 is 0 Å². The van der Waals surface area contributed by atoms with Gasteiger partial charge in [0.2, 0.25) is 0 Å². The number of methoxy groups -OCH3 is 1. The number of hydrogen-bond acceptors (Lipinski definition) is 5. The first-order chi connectivity index (χ1) is 14.5. The monoisotopic (exact) mass is 410 g/mol. The summed E-state index contributed by atoms with van der Waals surface area (Å²) in [6, 6.07) is 9.17. The van der Waals surface area contributed by atoms with Gasteiger partial charge in [-0.2, -0.15) is 0 Å². The Morgan fingerprint density at radius 2 is 2.07 bits per heavy atom. The van der Waals surface area contributed by atoms with Gasteiger partial charge in [-0.15, -0.1) is 0 Å². The Morgan fingerprint density at radius 1 is 1.23 bits per heavy atom. The molecule has 1 aromatic heterocycles. The Hall–Kier alpha value is -2.93. The predicted octanol–water partition coefficient (Wildman–Crippen LogP) is 2.45. The van der Waals surface area contributed by atoms with Crippen molar-refractivity contribution in [2.45, 2.75) is 12.5 Å². The number of aromatic nitrogens is 1. The highest BCUT2D eigenvalue weighted by Gasteiger charge is 2.39. The predicted molar refractivity (Wildman–Crippen MR) is 115 cm³/mol. The van der Waals surface area contributed by atoms with Crippen LogP contribution >= 0.6 is 0 Å². The molecule has 1 unspecified atom stereocenters. The maximum atomic E-state index is 14.1. The topological polar surface area (TPSA) is 50.1 Å². The molecule has 2 saturated heterocycles. The molecule has 0 aliphatic carbocycles. The molecule has 2 aliphatic rings. The number of aryl methyl sites for hydroxylation is 1. The maximum Gasteiger partial charge on any atom is 0.165 e. The number of benzene rings is 1. The van der Waals surface area contributed by atoms with Crippen molar-refractivity contribution in [2.75, 3.05) is 38.7 Å². The molecule has 0 N–H and O–H groups in total. The molecule has 30 heavy (non-hydrogen) atoms. The van der Waals surface area contributed by atoms with Crippen LogP contribution in [0.2, 0.25) is 0 Å². The van der Waals surface area contributed by atoms with Crippen LogP contribution in [0.3, 0.4) is 0 Å². The number of anilines is 1. The molecule has 0 radical (unpaired) electrons. The third-order valence-corrected chi connectivity index (χ3v) is 6.19. The molecule has 7 heteroatoms. The Kier molecular flexibility index (Phi) is 5.72. The lowest BCUT2D eigenvalue weighted by atomic mass is 10.1. The van der Waals surface area contributed by atoms with Crippen LogP contribution < -0.4 is 15.1 Å². The standard InChI is InChI=1S/C23H27FN4O2/c1-26-10-8-17-13-28(15-21(17)26)18-5-7-23(27(2)14-18)25-20(9-11-29)16-4-6-22(30-3)19(24)12-16/h4-7,9,11-12,14,17,21H,8,10,13,15H2,1-3H3/b20-9-,25-23-/t17-,21?/m1/s1. The molecule has 1 aromatic carbocycles. The van der Waals surface area contributed by atoms with E-state index in [1.165, 1.54) is 38.3 Å². The van der Waals surface area contributed by atoms with Gasteiger partial charge in [-0.1, -0.05) is 0 Å². The molecule has 2 aliphatic heterocycles. The Morgan fingerprint density at radius 3 is 2.73 bits per heavy atom. The average Bonchev–Trinajstić information content (AvgIpc) is 3.31. The van der Waals surface area contributed by atoms with Crippen LogP contribution in [0.25, 0.3) is 5.70 Å². The summed E-state index contributed by atoms with van der Waals surface area (Å²) >= 11 is 0. The van der Waals surface area contributed by atoms with E-state index in [0.29, 0.717) is 29.1 Å². The SMILES string of the molecule is COc1ccc(C(=C/C=O)/N=c2/ccc(N3CC4[C@H](CCN4C)C3)cn2C)cc1F. The number of carbonyl (C=O) groups excluding carboxylic acids is 1. The molecule has 158 valence electrons. The van der Waals surface area contributed by atoms with E-state index in [-0.39, 0.29) is 5.75 Å². The first-order valence-electron chi connectivity index (χ1n) is 10.2. The van der Waals surface area contributed by atoms with Crippen LogP contribution in [0, 0.1) is 11.7 Å². The second kappa shape index (κ2) is 8.44. The zero-order valence-corrected chi connectivity index (χ0v) is 17.6. The van der Waals surface area contributed by atoms with Crippen LogP contribution in [-0.4, -0.2) is 55.6 Å². The van der Waals surface area contributed by atoms with E-state index in [2.05, 4.69) is 34.1 Å². The number of likely N-dealkylation sites (tertiary alicyclic amines) is 1. The van der Waals surface area contributed by atoms with Crippen molar-refractivity contribution in [3.8, 4) is 5.75 Å². The van der Waals surface area contributed by atoms with E-state index in [0.717, 1.165) is 24.7 Å². The van der Waals surface area contributed by atoms with Crippen LogP contribution in [0.1, 0.15) is 12.0 Å². The van der Waals surface area contributed by atoms with E-state index in [4.69, 9.17) is 4.74 Å². The smallest absolute Gasteiger partial charge is 0.165 e. The number of hydrogen-bond donors (Lipinski definition) is 0. The Bertz CT molecular complexity index is 1050. The molecule has 4 rings (SSSR count). The summed E-state index contributed by atoms with van der Waals surface area (Å²) in [6.07, 6.45) is 5.32. The van der Waals surface area contributed by atoms with Gasteiger partial charge in [-0.05, 0) is 56.3 Å². The fourth-order valence-electron chi connectivity index (χ4n) is 4.48. The molecular weight excluding hydrogens is 383 g/mol. The molecule has 2 fully saturated rings. The quantitative estimate of drug-likeness (QED) is 0.561. The van der Waals surface area contributed by atoms with E-state index in [9.17, 15) is 9.18 Å². The fraction of sp³-hybridized carbons (Fsp3) is 0.391. The number of pyridine rings is 1. The lowest BCUT2D eigenvalue weighted by molar-refractivity contribution is -0.104. The van der Waals surface area contributed by atoms with Crippen molar-refractivity contribution in [3.63, 3.8) is 0 Å². The Balaban J connectivity index is 1.62. The minimum absolute atomic E-state index is 0.153. The van der Waals surface area contributed by atoms with Crippen molar-refractivity contribution in [1.29, 1.82) is 0 Å². The number of halogens is 1. The first-order valence-corrected chi connectivity index (χ1v) is 10.2. The van der Waals surface area contributed by atoms with Gasteiger partial charge in [0.25, 0.3) is 0 Å². The molecule has 2 aromatic rings. The van der Waals surface area contributed by atoms with Crippen LogP contribution in [0.15, 0.2) is 47.6 Å². The van der Waals surface area contributed by atoms with E-state index in [1.54, 1.807) is 6.07 Å². The molecule has 0 bridgehead atoms. The first kappa shape index (κ1) is 20.3. The van der Waals surface area contributed by atoms with Gasteiger partial charge < -0.3 is 19.1 Å². The lowest BCUT2D eigenvalue weighted by Crippen LogP contribution is -2.32. The van der Waals surface area contributed by atoms with E-state index < -0.39 is 5.82 Å². The van der Waals surface area contributed by atoms with Crippen molar-refractivity contribution in [1.82, 2.24) is 9.47 Å². The molecule has 0 spiro atoms. The average molecular weight is 410 g/mol. The third kappa shape index (κ3) is 3.89. The molecule has 2 atom stereocenters. The largest absolute Gasteiger partial charge is 0.494 e. The van der Waals surface area contributed by atoms with Gasteiger partial charge in [-0.25, -0.2) is 9.38 Å². The number of likely N-dealkylation sites (N-methyl/N-ethyl adjacent to an activating group) is 1. The minimum Gasteiger partial charge on any atom is -0.494 e. The summed E-state index contributed by atoms with van der Waals surface area (Å²) in [5, 5.41) is 0. The number of carbonyl (C=O) groups is 1. The lowest BCUT2D eigenvalue weighted by Gasteiger charge is -2.22. The molecule has 6 nitrogen and oxygen atoms in total. The van der Waals surface area contributed by atoms with Gasteiger partial charge in [0.05, 0.1) is 18.5 Å². The summed E-state index contributed by atoms with van der Waals surface area (Å²) in [5.74, 6) is 0.392. The van der Waals surface area contributed by atoms with Crippen molar-refractivity contribution in [2.24, 2.45) is 18.0 Å². The van der Waals surface area contributed by atoms with Gasteiger partial charge in [0.1, 0.15) is 11.8 Å². The summed E-state index contributed by atoms with van der Waals surface area (Å²) < 4.78 is 21.0. The highest BCUT2D eigenvalue weighted by Crippen LogP contribution is 2.32. The van der Waals surface area contributed by atoms with Gasteiger partial charge in [0, 0.05) is 44.0 Å². The second-order valence-corrected chi connectivity index (χ2v) is 8.01. The number of nitrogens with zero attached hydrogens (tertiary/aromatic N) is 4.